The van der Waals surface area contributed by atoms with Crippen molar-refractivity contribution in [2.45, 2.75) is 101 Å². The second kappa shape index (κ2) is 18.5. The standard InChI is InChI=1S/C51H57FN10O4/c1-50(2,39-27-34(30-53)26-35(28-39)31-54)38-5-7-42(8-6-38)66-32-40-12-19-55-48(56-40)61-24-17-51(52,18-25-61)33-59-20-15-41(16-21-59)60-22-13-36(14-23-60)37-4-9-43-45(29-37)58(3)49(65)62(43)44-10-11-46(63)57-47(44)64/h4-9,12,19,26-29,36,41,44H,10-11,13-18,20-25,32-33H2,1-3H3,(H,57,63,64). The third-order valence-electron chi connectivity index (χ3n) is 14.7. The molecule has 15 heteroatoms. The Morgan fingerprint density at radius 1 is 0.833 bits per heavy atom. The number of nitrogens with one attached hydrogen (secondary N) is 1. The average molecular weight is 893 g/mol. The molecule has 0 bridgehead atoms. The van der Waals surface area contributed by atoms with Crippen molar-refractivity contribution < 1.29 is 18.7 Å². The molecule has 4 aliphatic heterocycles. The first-order chi connectivity index (χ1) is 31.8. The van der Waals surface area contributed by atoms with Gasteiger partial charge in [-0.2, -0.15) is 10.5 Å². The summed E-state index contributed by atoms with van der Waals surface area (Å²) in [5.41, 5.74) is 4.35. The molecule has 5 aromatic rings. The van der Waals surface area contributed by atoms with Crippen molar-refractivity contribution in [3.8, 4) is 17.9 Å². The van der Waals surface area contributed by atoms with E-state index >= 15 is 4.39 Å². The smallest absolute Gasteiger partial charge is 0.329 e. The molecule has 4 fully saturated rings. The van der Waals surface area contributed by atoms with Crippen molar-refractivity contribution in [3.05, 3.63) is 117 Å². The van der Waals surface area contributed by atoms with Gasteiger partial charge in [0.1, 0.15) is 24.1 Å². The molecule has 0 saturated carbocycles. The number of ether oxygens (including phenoxy) is 1. The molecule has 9 rings (SSSR count). The van der Waals surface area contributed by atoms with Gasteiger partial charge in [0.25, 0.3) is 0 Å². The molecule has 6 heterocycles. The van der Waals surface area contributed by atoms with Crippen LogP contribution in [0.1, 0.15) is 111 Å². The lowest BCUT2D eigenvalue weighted by atomic mass is 9.77. The van der Waals surface area contributed by atoms with E-state index in [2.05, 4.69) is 63.1 Å². The number of amides is 2. The van der Waals surface area contributed by atoms with Crippen LogP contribution in [0.3, 0.4) is 0 Å². The van der Waals surface area contributed by atoms with Crippen LogP contribution >= 0.6 is 0 Å². The Morgan fingerprint density at radius 2 is 1.53 bits per heavy atom. The minimum atomic E-state index is -1.26. The van der Waals surface area contributed by atoms with Gasteiger partial charge in [0.2, 0.25) is 17.8 Å². The SMILES string of the molecule is Cn1c(=O)n(C2CCC(=O)NC2=O)c2ccc(C3CCN(C4CCN(CC5(F)CCN(c6nccc(COc7ccc(C(C)(C)c8cc(C#N)cc(C#N)c8)cc7)n6)CC5)CC4)CC3)cc21. The van der Waals surface area contributed by atoms with E-state index in [0.29, 0.717) is 79.2 Å². The first kappa shape index (κ1) is 44.8. The van der Waals surface area contributed by atoms with Gasteiger partial charge in [0, 0.05) is 63.6 Å². The van der Waals surface area contributed by atoms with E-state index in [1.54, 1.807) is 23.9 Å². The molecule has 4 aliphatic rings. The number of benzene rings is 3. The van der Waals surface area contributed by atoms with Crippen molar-refractivity contribution in [3.63, 3.8) is 0 Å². The summed E-state index contributed by atoms with van der Waals surface area (Å²) in [7, 11) is 1.74. The van der Waals surface area contributed by atoms with Crippen LogP contribution in [0.25, 0.3) is 11.0 Å². The number of halogens is 1. The Labute approximate surface area is 384 Å². The third-order valence-corrected chi connectivity index (χ3v) is 14.7. The first-order valence-corrected chi connectivity index (χ1v) is 23.3. The van der Waals surface area contributed by atoms with Gasteiger partial charge in [0.15, 0.2) is 0 Å². The number of nitriles is 2. The number of rotatable bonds is 11. The van der Waals surface area contributed by atoms with Crippen molar-refractivity contribution in [1.29, 1.82) is 10.5 Å². The molecular formula is C51H57FN10O4. The summed E-state index contributed by atoms with van der Waals surface area (Å²) in [6, 6.07) is 25.2. The highest BCUT2D eigenvalue weighted by molar-refractivity contribution is 6.00. The number of likely N-dealkylation sites (tertiary alicyclic amines) is 2. The number of aryl methyl sites for hydroxylation is 1. The topological polar surface area (TPSA) is 165 Å². The average Bonchev–Trinajstić information content (AvgIpc) is 3.58. The molecule has 4 saturated heterocycles. The lowest BCUT2D eigenvalue weighted by molar-refractivity contribution is -0.135. The quantitative estimate of drug-likeness (QED) is 0.146. The van der Waals surface area contributed by atoms with E-state index in [-0.39, 0.29) is 24.6 Å². The van der Waals surface area contributed by atoms with Gasteiger partial charge in [-0.05, 0) is 129 Å². The van der Waals surface area contributed by atoms with Crippen molar-refractivity contribution >= 4 is 28.8 Å². The second-order valence-electron chi connectivity index (χ2n) is 19.2. The fraction of sp³-hybridized carbons (Fsp3) is 0.471. The monoisotopic (exact) mass is 892 g/mol. The second-order valence-corrected chi connectivity index (χ2v) is 19.2. The summed E-state index contributed by atoms with van der Waals surface area (Å²) in [5, 5.41) is 21.3. The molecule has 1 atom stereocenters. The summed E-state index contributed by atoms with van der Waals surface area (Å²) >= 11 is 0. The van der Waals surface area contributed by atoms with E-state index in [1.807, 2.05) is 48.5 Å². The normalized spacial score (nSPS) is 20.2. The molecule has 0 aliphatic carbocycles. The van der Waals surface area contributed by atoms with Crippen molar-refractivity contribution in [2.24, 2.45) is 7.05 Å². The number of imidazole rings is 1. The number of alkyl halides is 1. The Kier molecular flexibility index (Phi) is 12.5. The van der Waals surface area contributed by atoms with E-state index < -0.39 is 23.0 Å². The number of carbonyl (C=O) groups excluding carboxylic acids is 2. The zero-order valence-corrected chi connectivity index (χ0v) is 38.0. The van der Waals surface area contributed by atoms with Gasteiger partial charge in [-0.3, -0.25) is 24.0 Å². The highest BCUT2D eigenvalue weighted by atomic mass is 19.1. The molecule has 66 heavy (non-hydrogen) atoms. The van der Waals surface area contributed by atoms with Crippen LogP contribution in [0, 0.1) is 22.7 Å². The van der Waals surface area contributed by atoms with Gasteiger partial charge in [-0.1, -0.05) is 32.0 Å². The lowest BCUT2D eigenvalue weighted by Crippen LogP contribution is -2.52. The van der Waals surface area contributed by atoms with Gasteiger partial charge in [-0.15, -0.1) is 0 Å². The Hall–Kier alpha value is -6.42. The van der Waals surface area contributed by atoms with Crippen LogP contribution in [0.15, 0.2) is 77.7 Å². The Morgan fingerprint density at radius 3 is 2.20 bits per heavy atom. The molecule has 2 amide bonds. The lowest BCUT2D eigenvalue weighted by Gasteiger charge is -2.44. The summed E-state index contributed by atoms with van der Waals surface area (Å²) in [5.74, 6) is 0.935. The van der Waals surface area contributed by atoms with Crippen LogP contribution in [-0.2, 0) is 28.7 Å². The number of anilines is 1. The van der Waals surface area contributed by atoms with Crippen LogP contribution in [0.5, 0.6) is 5.75 Å². The number of nitrogens with zero attached hydrogens (tertiary/aromatic N) is 9. The third kappa shape index (κ3) is 9.20. The molecule has 0 radical (unpaired) electrons. The van der Waals surface area contributed by atoms with Crippen LogP contribution in [0.2, 0.25) is 0 Å². The Balaban J connectivity index is 0.721. The number of fused-ring (bicyclic) bond motifs is 1. The van der Waals surface area contributed by atoms with Crippen LogP contribution in [-0.4, -0.2) is 98.2 Å². The molecule has 14 nitrogen and oxygen atoms in total. The molecule has 1 unspecified atom stereocenters. The largest absolute Gasteiger partial charge is 0.487 e. The predicted molar refractivity (Wildman–Crippen MR) is 248 cm³/mol. The van der Waals surface area contributed by atoms with E-state index in [4.69, 9.17) is 9.72 Å². The van der Waals surface area contributed by atoms with E-state index in [9.17, 15) is 24.9 Å². The molecule has 0 spiro atoms. The maximum atomic E-state index is 16.4. The number of imide groups is 1. The maximum Gasteiger partial charge on any atom is 0.329 e. The molecule has 2 aromatic heterocycles. The number of piperidine rings is 4. The van der Waals surface area contributed by atoms with Crippen LogP contribution < -0.4 is 20.6 Å². The predicted octanol–water partition coefficient (Wildman–Crippen LogP) is 6.41. The fourth-order valence-corrected chi connectivity index (χ4v) is 10.6. The summed E-state index contributed by atoms with van der Waals surface area (Å²) in [6.45, 7) is 9.72. The molecule has 1 N–H and O–H groups in total. The summed E-state index contributed by atoms with van der Waals surface area (Å²) < 4.78 is 25.7. The highest BCUT2D eigenvalue weighted by Gasteiger charge is 2.39. The van der Waals surface area contributed by atoms with Crippen LogP contribution in [0.4, 0.5) is 10.3 Å². The summed E-state index contributed by atoms with van der Waals surface area (Å²) in [4.78, 5) is 54.0. The van der Waals surface area contributed by atoms with Gasteiger partial charge < -0.3 is 19.4 Å². The summed E-state index contributed by atoms with van der Waals surface area (Å²) in [6.07, 6.45) is 7.23. The van der Waals surface area contributed by atoms with Gasteiger partial charge in [0.05, 0.1) is 40.0 Å². The minimum absolute atomic E-state index is 0.216. The maximum absolute atomic E-state index is 16.4. The first-order valence-electron chi connectivity index (χ1n) is 23.3. The molecule has 3 aromatic carbocycles. The number of aromatic nitrogens is 4. The number of hydrogen-bond donors (Lipinski definition) is 1. The van der Waals surface area contributed by atoms with Crippen molar-refractivity contribution in [2.75, 3.05) is 50.7 Å². The molecular weight excluding hydrogens is 836 g/mol. The zero-order valence-electron chi connectivity index (χ0n) is 38.0. The number of hydrogen-bond acceptors (Lipinski definition) is 11. The fourth-order valence-electron chi connectivity index (χ4n) is 10.6. The zero-order chi connectivity index (χ0) is 46.2. The van der Waals surface area contributed by atoms with Gasteiger partial charge >= 0.3 is 5.69 Å². The Bertz CT molecular complexity index is 2730. The minimum Gasteiger partial charge on any atom is -0.487 e. The van der Waals surface area contributed by atoms with Gasteiger partial charge in [-0.25, -0.2) is 19.2 Å². The number of carbonyl (C=O) groups is 2. The van der Waals surface area contributed by atoms with E-state index in [0.717, 1.165) is 74.2 Å². The highest BCUT2D eigenvalue weighted by Crippen LogP contribution is 2.36. The molecule has 342 valence electrons. The van der Waals surface area contributed by atoms with Crippen molar-refractivity contribution in [1.82, 2.24) is 34.2 Å². The van der Waals surface area contributed by atoms with E-state index in [1.165, 1.54) is 10.1 Å².